The van der Waals surface area contributed by atoms with Crippen LogP contribution in [-0.2, 0) is 11.0 Å². The molecule has 3 aromatic rings. The van der Waals surface area contributed by atoms with E-state index in [1.54, 1.807) is 29.2 Å². The van der Waals surface area contributed by atoms with Crippen molar-refractivity contribution in [2.45, 2.75) is 17.7 Å². The molecule has 35 heavy (non-hydrogen) atoms. The number of carbonyl (C=O) groups is 1. The number of phenols is 1. The topological polar surface area (TPSA) is 78.9 Å². The first-order valence-corrected chi connectivity index (χ1v) is 12.6. The third-order valence-corrected chi connectivity index (χ3v) is 7.69. The molecule has 6 rings (SSSR count). The highest BCUT2D eigenvalue weighted by molar-refractivity contribution is 7.86. The Balaban J connectivity index is 1.65. The van der Waals surface area contributed by atoms with Crippen molar-refractivity contribution in [3.8, 4) is 22.6 Å². The Hall–Kier alpha value is -3.17. The fraction of sp³-hybridized carbons (Fsp3) is 0.240. The molecule has 0 spiro atoms. The van der Waals surface area contributed by atoms with Gasteiger partial charge in [0.15, 0.2) is 16.7 Å². The number of nitrogens with one attached hydrogen (secondary N) is 1. The van der Waals surface area contributed by atoms with Crippen molar-refractivity contribution in [1.29, 1.82) is 0 Å². The number of para-hydroxylation sites is 1. The van der Waals surface area contributed by atoms with E-state index < -0.39 is 28.4 Å². The summed E-state index contributed by atoms with van der Waals surface area (Å²) in [5.41, 5.74) is 0.384. The number of aromatic hydroxyl groups is 1. The number of fused-ring (bicyclic) bond motifs is 4. The molecule has 1 atom stereocenters. The van der Waals surface area contributed by atoms with Crippen molar-refractivity contribution >= 4 is 34.2 Å². The van der Waals surface area contributed by atoms with Crippen LogP contribution in [0.4, 0.5) is 14.5 Å². The second-order valence-electron chi connectivity index (χ2n) is 8.53. The van der Waals surface area contributed by atoms with Crippen molar-refractivity contribution in [3.63, 3.8) is 0 Å². The lowest BCUT2D eigenvalue weighted by Crippen LogP contribution is -2.39. The lowest BCUT2D eigenvalue weighted by Gasteiger charge is -2.32. The molecular weight excluding hydrogens is 498 g/mol. The number of anilines is 1. The number of hydrogen-bond acceptors (Lipinski definition) is 4. The number of piperidine rings is 1. The maximum atomic E-state index is 14.9. The number of amides is 1. The molecule has 1 unspecified atom stereocenters. The Morgan fingerprint density at radius 2 is 1.80 bits per heavy atom. The molecule has 0 aromatic heterocycles. The van der Waals surface area contributed by atoms with Gasteiger partial charge in [-0.25, -0.2) is 13.0 Å². The highest BCUT2D eigenvalue weighted by Crippen LogP contribution is 2.37. The number of benzene rings is 3. The highest BCUT2D eigenvalue weighted by Gasteiger charge is 2.27. The summed E-state index contributed by atoms with van der Waals surface area (Å²) in [5.74, 6) is -1.97. The van der Waals surface area contributed by atoms with E-state index in [1.807, 2.05) is 0 Å². The monoisotopic (exact) mass is 518 g/mol. The minimum Gasteiger partial charge on any atom is -0.505 e. The van der Waals surface area contributed by atoms with Gasteiger partial charge in [-0.3, -0.25) is 9.52 Å². The zero-order chi connectivity index (χ0) is 24.7. The summed E-state index contributed by atoms with van der Waals surface area (Å²) >= 11 is 6.14. The molecule has 3 aliphatic heterocycles. The lowest BCUT2D eigenvalue weighted by molar-refractivity contribution is 0.0661. The summed E-state index contributed by atoms with van der Waals surface area (Å²) in [6, 6.07) is 11.3. The van der Waals surface area contributed by atoms with Gasteiger partial charge in [0.05, 0.1) is 17.3 Å². The highest BCUT2D eigenvalue weighted by atomic mass is 35.5. The van der Waals surface area contributed by atoms with Crippen LogP contribution in [0.2, 0.25) is 5.02 Å². The standard InChI is InChI=1S/C25H21ClF2N2O4S/c26-18-9-15-10-23(24(18)31)35(33)29-21-11-17(19(27)12-20(21)28)16-3-1-2-4-22(16)34-13-14-5-7-30(8-6-14)25(15)32/h1-4,9-12,14,29,31H,5-8,13H2. The Bertz CT molecular complexity index is 1350. The molecule has 6 bridgehead atoms. The molecule has 3 aliphatic rings. The summed E-state index contributed by atoms with van der Waals surface area (Å²) in [5, 5.41) is 10.3. The van der Waals surface area contributed by atoms with Crippen LogP contribution in [-0.4, -0.2) is 39.8 Å². The third-order valence-electron chi connectivity index (χ3n) is 6.29. The van der Waals surface area contributed by atoms with Crippen LogP contribution in [0, 0.1) is 17.6 Å². The number of rotatable bonds is 0. The van der Waals surface area contributed by atoms with Gasteiger partial charge in [-0.15, -0.1) is 0 Å². The van der Waals surface area contributed by atoms with E-state index in [1.165, 1.54) is 18.2 Å². The number of nitrogens with zero attached hydrogens (tertiary/aromatic N) is 1. The van der Waals surface area contributed by atoms with Gasteiger partial charge in [-0.2, -0.15) is 0 Å². The zero-order valence-corrected chi connectivity index (χ0v) is 20.0. The van der Waals surface area contributed by atoms with E-state index in [-0.39, 0.29) is 38.6 Å². The maximum Gasteiger partial charge on any atom is 0.253 e. The molecule has 10 heteroatoms. The Labute approximate surface area is 208 Å². The van der Waals surface area contributed by atoms with Gasteiger partial charge in [0.1, 0.15) is 22.3 Å². The van der Waals surface area contributed by atoms with Crippen molar-refractivity contribution in [2.75, 3.05) is 24.4 Å². The van der Waals surface area contributed by atoms with E-state index in [0.717, 1.165) is 0 Å². The molecule has 0 saturated carbocycles. The molecule has 1 fully saturated rings. The van der Waals surface area contributed by atoms with Gasteiger partial charge >= 0.3 is 0 Å². The maximum absolute atomic E-state index is 14.9. The summed E-state index contributed by atoms with van der Waals surface area (Å²) < 4.78 is 51.2. The molecule has 3 aromatic carbocycles. The van der Waals surface area contributed by atoms with E-state index in [9.17, 15) is 22.9 Å². The van der Waals surface area contributed by atoms with Gasteiger partial charge in [-0.05, 0) is 43.0 Å². The predicted octanol–water partition coefficient (Wildman–Crippen LogP) is 5.37. The predicted molar refractivity (Wildman–Crippen MR) is 129 cm³/mol. The van der Waals surface area contributed by atoms with E-state index >= 15 is 0 Å². The van der Waals surface area contributed by atoms with Crippen molar-refractivity contribution < 1.29 is 27.6 Å². The van der Waals surface area contributed by atoms with Gasteiger partial charge in [-0.1, -0.05) is 29.8 Å². The molecule has 3 heterocycles. The SMILES string of the molecule is O=C1c2cc(Cl)c(O)c(c2)S(=O)Nc2cc(c(F)cc2F)-c2ccccc2OCC2CCN1CC2. The van der Waals surface area contributed by atoms with Crippen molar-refractivity contribution in [3.05, 3.63) is 70.8 Å². The minimum atomic E-state index is -2.22. The van der Waals surface area contributed by atoms with Crippen LogP contribution in [0.3, 0.4) is 0 Å². The van der Waals surface area contributed by atoms with E-state index in [2.05, 4.69) is 4.72 Å². The number of ether oxygens (including phenoxy) is 1. The Kier molecular flexibility index (Phi) is 6.37. The van der Waals surface area contributed by atoms with Crippen molar-refractivity contribution in [1.82, 2.24) is 4.90 Å². The Morgan fingerprint density at radius 3 is 2.57 bits per heavy atom. The molecule has 1 amide bonds. The fourth-order valence-electron chi connectivity index (χ4n) is 4.34. The van der Waals surface area contributed by atoms with Crippen LogP contribution in [0.5, 0.6) is 11.5 Å². The van der Waals surface area contributed by atoms with Crippen LogP contribution in [0.1, 0.15) is 23.2 Å². The quantitative estimate of drug-likeness (QED) is 0.419. The van der Waals surface area contributed by atoms with Gasteiger partial charge in [0, 0.05) is 35.8 Å². The van der Waals surface area contributed by atoms with Crippen LogP contribution < -0.4 is 9.46 Å². The minimum absolute atomic E-state index is 0.0619. The molecule has 6 nitrogen and oxygen atoms in total. The first-order valence-electron chi connectivity index (χ1n) is 11.0. The average molecular weight is 519 g/mol. The zero-order valence-electron chi connectivity index (χ0n) is 18.4. The Morgan fingerprint density at radius 1 is 1.06 bits per heavy atom. The van der Waals surface area contributed by atoms with E-state index in [0.29, 0.717) is 49.9 Å². The number of hydrogen-bond donors (Lipinski definition) is 2. The normalized spacial score (nSPS) is 20.0. The summed E-state index contributed by atoms with van der Waals surface area (Å²) in [6.07, 6.45) is 1.41. The summed E-state index contributed by atoms with van der Waals surface area (Å²) in [4.78, 5) is 14.6. The van der Waals surface area contributed by atoms with Crippen LogP contribution in [0.25, 0.3) is 11.1 Å². The summed E-state index contributed by atoms with van der Waals surface area (Å²) in [6.45, 7) is 1.36. The van der Waals surface area contributed by atoms with Gasteiger partial charge in [0.25, 0.3) is 5.91 Å². The third kappa shape index (κ3) is 4.58. The van der Waals surface area contributed by atoms with E-state index in [4.69, 9.17) is 16.3 Å². The molecule has 182 valence electrons. The fourth-order valence-corrected chi connectivity index (χ4v) is 5.60. The van der Waals surface area contributed by atoms with Gasteiger partial charge in [0.2, 0.25) is 0 Å². The smallest absolute Gasteiger partial charge is 0.253 e. The van der Waals surface area contributed by atoms with Crippen molar-refractivity contribution in [2.24, 2.45) is 5.92 Å². The molecule has 0 aliphatic carbocycles. The second-order valence-corrected chi connectivity index (χ2v) is 10.1. The number of phenolic OH excluding ortho intramolecular Hbond substituents is 1. The van der Waals surface area contributed by atoms with Crippen LogP contribution >= 0.6 is 11.6 Å². The van der Waals surface area contributed by atoms with Gasteiger partial charge < -0.3 is 14.7 Å². The first-order chi connectivity index (χ1) is 16.8. The summed E-state index contributed by atoms with van der Waals surface area (Å²) in [7, 11) is -2.22. The van der Waals surface area contributed by atoms with Crippen LogP contribution in [0.15, 0.2) is 53.4 Å². The molecule has 1 saturated heterocycles. The average Bonchev–Trinajstić information content (AvgIpc) is 2.85. The number of halogens is 3. The first kappa shape index (κ1) is 23.6. The number of carbonyl (C=O) groups excluding carboxylic acids is 1. The molecule has 0 radical (unpaired) electrons. The second kappa shape index (κ2) is 9.47. The lowest BCUT2D eigenvalue weighted by atomic mass is 9.97. The molecular formula is C25H21ClF2N2O4S. The largest absolute Gasteiger partial charge is 0.505 e. The molecule has 2 N–H and O–H groups in total.